The van der Waals surface area contributed by atoms with Gasteiger partial charge in [-0.25, -0.2) is 4.39 Å². The molecular weight excluding hydrogens is 271 g/mol. The van der Waals surface area contributed by atoms with Crippen molar-refractivity contribution in [2.75, 3.05) is 5.75 Å². The van der Waals surface area contributed by atoms with Gasteiger partial charge in [-0.1, -0.05) is 23.9 Å². The van der Waals surface area contributed by atoms with Gasteiger partial charge in [0.05, 0.1) is 6.10 Å². The standard InChI is InChI=1S/C13H15FO4S/c1-8(16)19-5-4-12(17)13(18)10-3-2-9(7-15)6-11(10)14/h2-3,6-7,12-13,17-18H,4-5H2,1H3. The minimum absolute atomic E-state index is 0.0640. The Morgan fingerprint density at radius 1 is 1.47 bits per heavy atom. The first-order chi connectivity index (χ1) is 8.95. The molecular formula is C13H15FO4S. The number of hydrogen-bond donors (Lipinski definition) is 2. The summed E-state index contributed by atoms with van der Waals surface area (Å²) in [6, 6.07) is 3.64. The van der Waals surface area contributed by atoms with Gasteiger partial charge in [0.15, 0.2) is 5.12 Å². The summed E-state index contributed by atoms with van der Waals surface area (Å²) in [6.07, 6.45) is -1.88. The van der Waals surface area contributed by atoms with E-state index in [0.29, 0.717) is 12.0 Å². The molecule has 0 spiro atoms. The molecule has 1 aromatic rings. The quantitative estimate of drug-likeness (QED) is 0.779. The second-order valence-corrected chi connectivity index (χ2v) is 5.31. The highest BCUT2D eigenvalue weighted by Crippen LogP contribution is 2.23. The Hall–Kier alpha value is -1.24. The van der Waals surface area contributed by atoms with Gasteiger partial charge in [-0.05, 0) is 12.5 Å². The molecule has 0 saturated carbocycles. The monoisotopic (exact) mass is 286 g/mol. The summed E-state index contributed by atoms with van der Waals surface area (Å²) in [6.45, 7) is 1.41. The maximum atomic E-state index is 13.6. The predicted octanol–water partition coefficient (Wildman–Crippen LogP) is 1.70. The van der Waals surface area contributed by atoms with Crippen molar-refractivity contribution in [1.82, 2.24) is 0 Å². The van der Waals surface area contributed by atoms with E-state index in [1.807, 2.05) is 0 Å². The fraction of sp³-hybridized carbons (Fsp3) is 0.385. The van der Waals surface area contributed by atoms with E-state index < -0.39 is 18.0 Å². The van der Waals surface area contributed by atoms with E-state index in [4.69, 9.17) is 0 Å². The second kappa shape index (κ2) is 7.37. The van der Waals surface area contributed by atoms with E-state index in [9.17, 15) is 24.2 Å². The van der Waals surface area contributed by atoms with E-state index >= 15 is 0 Å². The zero-order valence-electron chi connectivity index (χ0n) is 10.4. The molecule has 1 aromatic carbocycles. The van der Waals surface area contributed by atoms with E-state index in [-0.39, 0.29) is 22.7 Å². The van der Waals surface area contributed by atoms with Crippen LogP contribution in [0.1, 0.15) is 35.4 Å². The van der Waals surface area contributed by atoms with Crippen LogP contribution in [0.25, 0.3) is 0 Å². The van der Waals surface area contributed by atoms with Crippen molar-refractivity contribution in [1.29, 1.82) is 0 Å². The van der Waals surface area contributed by atoms with Crippen LogP contribution in [-0.2, 0) is 4.79 Å². The third-order valence-electron chi connectivity index (χ3n) is 2.56. The number of halogens is 1. The fourth-order valence-corrected chi connectivity index (χ4v) is 2.19. The first-order valence-corrected chi connectivity index (χ1v) is 6.68. The van der Waals surface area contributed by atoms with Gasteiger partial charge in [0.25, 0.3) is 0 Å². The number of carbonyl (C=O) groups is 2. The normalized spacial score (nSPS) is 13.9. The minimum Gasteiger partial charge on any atom is -0.390 e. The van der Waals surface area contributed by atoms with E-state index in [1.54, 1.807) is 0 Å². The second-order valence-electron chi connectivity index (χ2n) is 4.04. The van der Waals surface area contributed by atoms with Crippen LogP contribution in [0.3, 0.4) is 0 Å². The summed E-state index contributed by atoms with van der Waals surface area (Å²) in [7, 11) is 0. The average molecular weight is 286 g/mol. The Morgan fingerprint density at radius 3 is 2.68 bits per heavy atom. The van der Waals surface area contributed by atoms with Crippen LogP contribution >= 0.6 is 11.8 Å². The lowest BCUT2D eigenvalue weighted by Gasteiger charge is -2.18. The van der Waals surface area contributed by atoms with Crippen molar-refractivity contribution in [3.05, 3.63) is 35.1 Å². The molecule has 6 heteroatoms. The smallest absolute Gasteiger partial charge is 0.185 e. The Bertz CT molecular complexity index is 464. The van der Waals surface area contributed by atoms with Crippen LogP contribution in [0.4, 0.5) is 4.39 Å². The van der Waals surface area contributed by atoms with Crippen LogP contribution in [-0.4, -0.2) is 33.5 Å². The molecule has 2 atom stereocenters. The Morgan fingerprint density at radius 2 is 2.16 bits per heavy atom. The molecule has 0 aromatic heterocycles. The molecule has 0 aliphatic carbocycles. The maximum absolute atomic E-state index is 13.6. The third-order valence-corrected chi connectivity index (χ3v) is 3.41. The first kappa shape index (κ1) is 15.8. The molecule has 19 heavy (non-hydrogen) atoms. The highest BCUT2D eigenvalue weighted by molar-refractivity contribution is 8.13. The molecule has 104 valence electrons. The largest absolute Gasteiger partial charge is 0.390 e. The molecule has 0 amide bonds. The van der Waals surface area contributed by atoms with Crippen LogP contribution < -0.4 is 0 Å². The number of aliphatic hydroxyl groups excluding tert-OH is 2. The highest BCUT2D eigenvalue weighted by atomic mass is 32.2. The van der Waals surface area contributed by atoms with Gasteiger partial charge in [0.1, 0.15) is 18.2 Å². The maximum Gasteiger partial charge on any atom is 0.185 e. The van der Waals surface area contributed by atoms with Gasteiger partial charge in [-0.15, -0.1) is 0 Å². The molecule has 0 aliphatic rings. The summed E-state index contributed by atoms with van der Waals surface area (Å²) in [5.74, 6) is -0.392. The number of carbonyl (C=O) groups excluding carboxylic acids is 2. The zero-order valence-corrected chi connectivity index (χ0v) is 11.2. The van der Waals surface area contributed by atoms with Crippen LogP contribution in [0.5, 0.6) is 0 Å². The minimum atomic E-state index is -1.38. The molecule has 0 bridgehead atoms. The van der Waals surface area contributed by atoms with E-state index in [1.165, 1.54) is 19.1 Å². The molecule has 0 aliphatic heterocycles. The van der Waals surface area contributed by atoms with E-state index in [2.05, 4.69) is 0 Å². The molecule has 0 fully saturated rings. The summed E-state index contributed by atoms with van der Waals surface area (Å²) in [4.78, 5) is 21.2. The molecule has 0 heterocycles. The van der Waals surface area contributed by atoms with Gasteiger partial charge in [0.2, 0.25) is 0 Å². The highest BCUT2D eigenvalue weighted by Gasteiger charge is 2.21. The average Bonchev–Trinajstić information content (AvgIpc) is 2.37. The Labute approximate surface area is 114 Å². The fourth-order valence-electron chi connectivity index (χ4n) is 1.55. The number of aliphatic hydroxyl groups is 2. The zero-order chi connectivity index (χ0) is 14.4. The molecule has 0 saturated heterocycles. The summed E-state index contributed by atoms with van der Waals surface area (Å²) in [5.41, 5.74) is 0.0981. The summed E-state index contributed by atoms with van der Waals surface area (Å²) < 4.78 is 13.6. The van der Waals surface area contributed by atoms with Crippen molar-refractivity contribution in [2.45, 2.75) is 25.6 Å². The van der Waals surface area contributed by atoms with Crippen LogP contribution in [0.2, 0.25) is 0 Å². The number of rotatable bonds is 6. The van der Waals surface area contributed by atoms with Crippen molar-refractivity contribution in [2.24, 2.45) is 0 Å². The predicted molar refractivity (Wildman–Crippen MR) is 70.5 cm³/mol. The van der Waals surface area contributed by atoms with Gasteiger partial charge in [0, 0.05) is 23.8 Å². The first-order valence-electron chi connectivity index (χ1n) is 5.69. The Kier molecular flexibility index (Phi) is 6.14. The molecule has 1 rings (SSSR count). The number of aldehydes is 1. The summed E-state index contributed by atoms with van der Waals surface area (Å²) >= 11 is 1.03. The van der Waals surface area contributed by atoms with Gasteiger partial charge >= 0.3 is 0 Å². The number of benzene rings is 1. The lowest BCUT2D eigenvalue weighted by atomic mass is 10.0. The third kappa shape index (κ3) is 4.74. The van der Waals surface area contributed by atoms with E-state index in [0.717, 1.165) is 17.8 Å². The van der Waals surface area contributed by atoms with Crippen molar-refractivity contribution < 1.29 is 24.2 Å². The topological polar surface area (TPSA) is 74.6 Å². The summed E-state index contributed by atoms with van der Waals surface area (Å²) in [5, 5.41) is 19.5. The van der Waals surface area contributed by atoms with Gasteiger partial charge in [-0.3, -0.25) is 9.59 Å². The van der Waals surface area contributed by atoms with Crippen molar-refractivity contribution in [3.63, 3.8) is 0 Å². The SMILES string of the molecule is CC(=O)SCCC(O)C(O)c1ccc(C=O)cc1F. The molecule has 2 unspecified atom stereocenters. The number of hydrogen-bond acceptors (Lipinski definition) is 5. The van der Waals surface area contributed by atoms with Crippen LogP contribution in [0, 0.1) is 5.82 Å². The lowest BCUT2D eigenvalue weighted by molar-refractivity contribution is -0.109. The van der Waals surface area contributed by atoms with Gasteiger partial charge in [-0.2, -0.15) is 0 Å². The van der Waals surface area contributed by atoms with Crippen molar-refractivity contribution >= 4 is 23.2 Å². The lowest BCUT2D eigenvalue weighted by Crippen LogP contribution is -2.20. The number of thioether (sulfide) groups is 1. The molecule has 2 N–H and O–H groups in total. The molecule has 4 nitrogen and oxygen atoms in total. The van der Waals surface area contributed by atoms with Gasteiger partial charge < -0.3 is 10.2 Å². The van der Waals surface area contributed by atoms with Crippen molar-refractivity contribution in [3.8, 4) is 0 Å². The van der Waals surface area contributed by atoms with Crippen LogP contribution in [0.15, 0.2) is 18.2 Å². The Balaban J connectivity index is 2.68. The molecule has 0 radical (unpaired) electrons.